The number of methoxy groups -OCH3 is 1. The number of nitrogens with zero attached hydrogens (tertiary/aromatic N) is 2. The molecule has 4 rings (SSSR count). The minimum absolute atomic E-state index is 0.0693. The molecule has 0 unspecified atom stereocenters. The SMILES string of the molecule is COc1cccc2c(=O)c(-c3cccc(OC(F)(F)F)c3)nn(Cc3ccc(F)cc3F)c12. The molecule has 3 aromatic carbocycles. The highest BCUT2D eigenvalue weighted by Gasteiger charge is 2.31. The molecule has 5 nitrogen and oxygen atoms in total. The third-order valence-electron chi connectivity index (χ3n) is 4.83. The van der Waals surface area contributed by atoms with E-state index in [-0.39, 0.29) is 40.0 Å². The van der Waals surface area contributed by atoms with Crippen LogP contribution in [0.4, 0.5) is 22.0 Å². The van der Waals surface area contributed by atoms with Gasteiger partial charge in [-0.25, -0.2) is 8.78 Å². The summed E-state index contributed by atoms with van der Waals surface area (Å²) in [6.45, 7) is -0.199. The van der Waals surface area contributed by atoms with Gasteiger partial charge in [0.2, 0.25) is 5.43 Å². The quantitative estimate of drug-likeness (QED) is 0.378. The molecule has 33 heavy (non-hydrogen) atoms. The van der Waals surface area contributed by atoms with E-state index in [1.54, 1.807) is 12.1 Å². The first-order valence-corrected chi connectivity index (χ1v) is 9.54. The van der Waals surface area contributed by atoms with E-state index in [0.29, 0.717) is 0 Å². The van der Waals surface area contributed by atoms with Crippen molar-refractivity contribution in [3.05, 3.63) is 88.1 Å². The molecule has 4 aromatic rings. The summed E-state index contributed by atoms with van der Waals surface area (Å²) in [6, 6.07) is 12.5. The van der Waals surface area contributed by atoms with Crippen molar-refractivity contribution in [2.24, 2.45) is 0 Å². The van der Waals surface area contributed by atoms with E-state index in [4.69, 9.17) is 4.74 Å². The summed E-state index contributed by atoms with van der Waals surface area (Å²) in [5, 5.41) is 4.46. The molecule has 0 aliphatic rings. The Bertz CT molecular complexity index is 1400. The zero-order chi connectivity index (χ0) is 23.8. The van der Waals surface area contributed by atoms with Crippen LogP contribution in [0.3, 0.4) is 0 Å². The maximum absolute atomic E-state index is 14.3. The Hall–Kier alpha value is -3.95. The Morgan fingerprint density at radius 1 is 1.00 bits per heavy atom. The van der Waals surface area contributed by atoms with Crippen molar-refractivity contribution in [3.8, 4) is 22.8 Å². The number of rotatable bonds is 5. The normalized spacial score (nSPS) is 11.6. The summed E-state index contributed by atoms with van der Waals surface area (Å²) >= 11 is 0. The topological polar surface area (TPSA) is 53.4 Å². The van der Waals surface area contributed by atoms with Gasteiger partial charge >= 0.3 is 6.36 Å². The van der Waals surface area contributed by atoms with Crippen molar-refractivity contribution in [1.82, 2.24) is 9.78 Å². The van der Waals surface area contributed by atoms with Gasteiger partial charge in [0.25, 0.3) is 0 Å². The second-order valence-corrected chi connectivity index (χ2v) is 7.00. The fourth-order valence-electron chi connectivity index (χ4n) is 3.44. The smallest absolute Gasteiger partial charge is 0.494 e. The fourth-order valence-corrected chi connectivity index (χ4v) is 3.44. The van der Waals surface area contributed by atoms with Crippen LogP contribution in [0.1, 0.15) is 5.56 Å². The molecule has 0 saturated heterocycles. The van der Waals surface area contributed by atoms with Gasteiger partial charge in [-0.05, 0) is 30.3 Å². The molecule has 0 spiro atoms. The summed E-state index contributed by atoms with van der Waals surface area (Å²) in [5.74, 6) is -1.82. The number of hydrogen-bond donors (Lipinski definition) is 0. The van der Waals surface area contributed by atoms with Crippen LogP contribution in [-0.2, 0) is 6.54 Å². The van der Waals surface area contributed by atoms with Crippen molar-refractivity contribution in [3.63, 3.8) is 0 Å². The van der Waals surface area contributed by atoms with Crippen molar-refractivity contribution in [2.75, 3.05) is 7.11 Å². The van der Waals surface area contributed by atoms with Crippen LogP contribution in [0.25, 0.3) is 22.2 Å². The molecule has 0 saturated carbocycles. The zero-order valence-electron chi connectivity index (χ0n) is 17.0. The van der Waals surface area contributed by atoms with E-state index in [2.05, 4.69) is 9.84 Å². The standard InChI is InChI=1S/C23H15F5N2O3/c1-32-19-7-3-6-17-21(19)30(12-14-8-9-15(24)11-18(14)25)29-20(22(17)31)13-4-2-5-16(10-13)33-23(26,27)28/h2-11H,12H2,1H3. The predicted octanol–water partition coefficient (Wildman–Crippen LogP) is 5.30. The average molecular weight is 462 g/mol. The maximum Gasteiger partial charge on any atom is 0.573 e. The molecular formula is C23H15F5N2O3. The summed E-state index contributed by atoms with van der Waals surface area (Å²) in [4.78, 5) is 13.2. The number of aromatic nitrogens is 2. The molecule has 0 atom stereocenters. The van der Waals surface area contributed by atoms with Crippen LogP contribution in [0, 0.1) is 11.6 Å². The van der Waals surface area contributed by atoms with Crippen LogP contribution < -0.4 is 14.9 Å². The molecule has 0 N–H and O–H groups in total. The van der Waals surface area contributed by atoms with Gasteiger partial charge in [0.15, 0.2) is 0 Å². The van der Waals surface area contributed by atoms with Gasteiger partial charge in [0.1, 0.15) is 34.3 Å². The highest BCUT2D eigenvalue weighted by Crippen LogP contribution is 2.29. The molecule has 0 aliphatic heterocycles. The van der Waals surface area contributed by atoms with E-state index in [1.807, 2.05) is 0 Å². The second kappa shape index (κ2) is 8.53. The molecular weight excluding hydrogens is 447 g/mol. The van der Waals surface area contributed by atoms with E-state index in [9.17, 15) is 26.7 Å². The monoisotopic (exact) mass is 462 g/mol. The second-order valence-electron chi connectivity index (χ2n) is 7.00. The van der Waals surface area contributed by atoms with E-state index >= 15 is 0 Å². The highest BCUT2D eigenvalue weighted by molar-refractivity contribution is 5.87. The first-order valence-electron chi connectivity index (χ1n) is 9.54. The lowest BCUT2D eigenvalue weighted by Gasteiger charge is -2.16. The minimum atomic E-state index is -4.91. The highest BCUT2D eigenvalue weighted by atomic mass is 19.4. The van der Waals surface area contributed by atoms with Crippen LogP contribution in [0.15, 0.2) is 65.5 Å². The molecule has 0 amide bonds. The van der Waals surface area contributed by atoms with Crippen LogP contribution >= 0.6 is 0 Å². The summed E-state index contributed by atoms with van der Waals surface area (Å²) < 4.78 is 76.1. The first kappa shape index (κ1) is 22.3. The Morgan fingerprint density at radius 2 is 1.76 bits per heavy atom. The molecule has 10 heteroatoms. The van der Waals surface area contributed by atoms with Crippen LogP contribution in [-0.4, -0.2) is 23.3 Å². The van der Waals surface area contributed by atoms with E-state index < -0.39 is 29.2 Å². The van der Waals surface area contributed by atoms with Crippen molar-refractivity contribution >= 4 is 10.9 Å². The fraction of sp³-hybridized carbons (Fsp3) is 0.130. The van der Waals surface area contributed by atoms with E-state index in [0.717, 1.165) is 24.3 Å². The third kappa shape index (κ3) is 4.64. The summed E-state index contributed by atoms with van der Waals surface area (Å²) in [6.07, 6.45) is -4.91. The van der Waals surface area contributed by atoms with Gasteiger partial charge in [-0.15, -0.1) is 13.2 Å². The minimum Gasteiger partial charge on any atom is -0.494 e. The molecule has 1 aromatic heterocycles. The lowest BCUT2D eigenvalue weighted by molar-refractivity contribution is -0.274. The summed E-state index contributed by atoms with van der Waals surface area (Å²) in [7, 11) is 1.38. The Balaban J connectivity index is 1.93. The van der Waals surface area contributed by atoms with Crippen LogP contribution in [0.5, 0.6) is 11.5 Å². The third-order valence-corrected chi connectivity index (χ3v) is 4.83. The number of benzene rings is 3. The average Bonchev–Trinajstić information content (AvgIpc) is 2.76. The number of alkyl halides is 3. The summed E-state index contributed by atoms with van der Waals surface area (Å²) in [5.41, 5.74) is -0.338. The van der Waals surface area contributed by atoms with Crippen LogP contribution in [0.2, 0.25) is 0 Å². The predicted molar refractivity (Wildman–Crippen MR) is 110 cm³/mol. The molecule has 170 valence electrons. The Labute approximate surface area is 183 Å². The number of fused-ring (bicyclic) bond motifs is 1. The zero-order valence-corrected chi connectivity index (χ0v) is 17.0. The largest absolute Gasteiger partial charge is 0.573 e. The first-order chi connectivity index (χ1) is 15.7. The van der Waals surface area contributed by atoms with Gasteiger partial charge in [-0.1, -0.05) is 24.3 Å². The molecule has 0 radical (unpaired) electrons. The Kier molecular flexibility index (Phi) is 5.75. The molecule has 0 aliphatic carbocycles. The Morgan fingerprint density at radius 3 is 2.45 bits per heavy atom. The number of ether oxygens (including phenoxy) is 2. The van der Waals surface area contributed by atoms with Gasteiger partial charge in [-0.2, -0.15) is 5.10 Å². The lowest BCUT2D eigenvalue weighted by Crippen LogP contribution is -2.19. The lowest BCUT2D eigenvalue weighted by atomic mass is 10.1. The van der Waals surface area contributed by atoms with Gasteiger partial charge in [0, 0.05) is 17.2 Å². The van der Waals surface area contributed by atoms with Gasteiger partial charge < -0.3 is 9.47 Å². The van der Waals surface area contributed by atoms with Gasteiger partial charge in [-0.3, -0.25) is 9.48 Å². The van der Waals surface area contributed by atoms with E-state index in [1.165, 1.54) is 36.1 Å². The van der Waals surface area contributed by atoms with Crippen molar-refractivity contribution < 1.29 is 31.4 Å². The van der Waals surface area contributed by atoms with Crippen molar-refractivity contribution in [2.45, 2.75) is 12.9 Å². The number of hydrogen-bond acceptors (Lipinski definition) is 4. The number of halogens is 5. The molecule has 1 heterocycles. The maximum atomic E-state index is 14.3. The number of para-hydroxylation sites is 1. The molecule has 0 bridgehead atoms. The molecule has 0 fully saturated rings. The van der Waals surface area contributed by atoms with Gasteiger partial charge in [0.05, 0.1) is 19.0 Å². The van der Waals surface area contributed by atoms with Crippen molar-refractivity contribution in [1.29, 1.82) is 0 Å².